The molecule has 3 heterocycles. The summed E-state index contributed by atoms with van der Waals surface area (Å²) in [6.45, 7) is 3.58. The van der Waals surface area contributed by atoms with E-state index >= 15 is 0 Å². The molecular weight excluding hydrogens is 374 g/mol. The predicted octanol–water partition coefficient (Wildman–Crippen LogP) is 1.86. The van der Waals surface area contributed by atoms with Crippen molar-refractivity contribution in [2.24, 2.45) is 0 Å². The first kappa shape index (κ1) is 18.3. The molecule has 0 aliphatic carbocycles. The highest BCUT2D eigenvalue weighted by atomic mass is 32.2. The Morgan fingerprint density at radius 1 is 1.50 bits per heavy atom. The van der Waals surface area contributed by atoms with Crippen LogP contribution in [-0.2, 0) is 14.6 Å². The van der Waals surface area contributed by atoms with Crippen molar-refractivity contribution in [1.82, 2.24) is 14.8 Å². The van der Waals surface area contributed by atoms with Gasteiger partial charge in [-0.25, -0.2) is 13.4 Å². The van der Waals surface area contributed by atoms with E-state index in [-0.39, 0.29) is 23.1 Å². The number of anilines is 1. The summed E-state index contributed by atoms with van der Waals surface area (Å²) in [6, 6.07) is 1.69. The van der Waals surface area contributed by atoms with Crippen LogP contribution in [0.2, 0.25) is 0 Å². The highest BCUT2D eigenvalue weighted by Gasteiger charge is 2.31. The van der Waals surface area contributed by atoms with Crippen LogP contribution in [0.3, 0.4) is 0 Å². The molecule has 8 nitrogen and oxygen atoms in total. The van der Waals surface area contributed by atoms with E-state index in [4.69, 9.17) is 0 Å². The molecular formula is C16H17N5O3S2. The lowest BCUT2D eigenvalue weighted by Gasteiger charge is -2.11. The van der Waals surface area contributed by atoms with Gasteiger partial charge in [0.05, 0.1) is 23.2 Å². The fourth-order valence-electron chi connectivity index (χ4n) is 2.95. The number of sulfone groups is 1. The molecule has 3 rings (SSSR count). The molecule has 1 N–H and O–H groups in total. The van der Waals surface area contributed by atoms with Crippen LogP contribution in [0.25, 0.3) is 6.08 Å². The first-order valence-corrected chi connectivity index (χ1v) is 10.6. The van der Waals surface area contributed by atoms with E-state index in [2.05, 4.69) is 15.4 Å². The third-order valence-corrected chi connectivity index (χ3v) is 6.68. The number of nitriles is 1. The van der Waals surface area contributed by atoms with E-state index in [1.165, 1.54) is 17.4 Å². The van der Waals surface area contributed by atoms with E-state index in [1.807, 2.05) is 13.0 Å². The van der Waals surface area contributed by atoms with Gasteiger partial charge in [0.1, 0.15) is 11.6 Å². The standard InChI is InChI=1S/C16H17N5O3S2/c1-10-14(7-12(8-17)15(22)19-16-18-4-5-25-16)11(2)21(20-10)13-3-6-26(23,24)9-13/h4-5,7,13H,3,6,9H2,1-2H3,(H,18,19,22)/b12-7+/t13-/m0/s1. The van der Waals surface area contributed by atoms with Gasteiger partial charge in [0.15, 0.2) is 15.0 Å². The number of thiazole rings is 1. The summed E-state index contributed by atoms with van der Waals surface area (Å²) in [4.78, 5) is 16.2. The third-order valence-electron chi connectivity index (χ3n) is 4.24. The average Bonchev–Trinajstić information content (AvgIpc) is 3.27. The Balaban J connectivity index is 1.90. The van der Waals surface area contributed by atoms with E-state index < -0.39 is 15.7 Å². The van der Waals surface area contributed by atoms with Crippen LogP contribution >= 0.6 is 11.3 Å². The first-order chi connectivity index (χ1) is 12.3. The molecule has 26 heavy (non-hydrogen) atoms. The lowest BCUT2D eigenvalue weighted by Crippen LogP contribution is -2.14. The zero-order valence-corrected chi connectivity index (χ0v) is 15.9. The molecule has 0 aromatic carbocycles. The Morgan fingerprint density at radius 3 is 2.85 bits per heavy atom. The molecule has 0 spiro atoms. The maximum absolute atomic E-state index is 12.3. The molecule has 0 bridgehead atoms. The van der Waals surface area contributed by atoms with Crippen molar-refractivity contribution in [1.29, 1.82) is 5.26 Å². The molecule has 0 saturated carbocycles. The molecule has 1 aliphatic heterocycles. The van der Waals surface area contributed by atoms with Crippen LogP contribution in [0, 0.1) is 25.2 Å². The van der Waals surface area contributed by atoms with Crippen LogP contribution in [0.5, 0.6) is 0 Å². The minimum absolute atomic E-state index is 0.0632. The fourth-order valence-corrected chi connectivity index (χ4v) is 5.17. The largest absolute Gasteiger partial charge is 0.297 e. The van der Waals surface area contributed by atoms with Gasteiger partial charge in [-0.2, -0.15) is 10.4 Å². The van der Waals surface area contributed by atoms with Crippen molar-refractivity contribution in [3.63, 3.8) is 0 Å². The summed E-state index contributed by atoms with van der Waals surface area (Å²) in [5, 5.41) is 18.5. The molecule has 2 aromatic rings. The zero-order chi connectivity index (χ0) is 18.9. The quantitative estimate of drug-likeness (QED) is 0.628. The molecule has 0 unspecified atom stereocenters. The molecule has 1 saturated heterocycles. The van der Waals surface area contributed by atoms with Crippen molar-refractivity contribution in [3.05, 3.63) is 34.1 Å². The number of aryl methyl sites for hydroxylation is 1. The number of rotatable bonds is 4. The topological polar surface area (TPSA) is 118 Å². The monoisotopic (exact) mass is 391 g/mol. The second-order valence-corrected chi connectivity index (χ2v) is 9.17. The number of aromatic nitrogens is 3. The van der Waals surface area contributed by atoms with Gasteiger partial charge in [-0.15, -0.1) is 11.3 Å². The van der Waals surface area contributed by atoms with E-state index in [0.29, 0.717) is 22.8 Å². The number of hydrogen-bond acceptors (Lipinski definition) is 7. The predicted molar refractivity (Wildman–Crippen MR) is 98.3 cm³/mol. The molecule has 2 aromatic heterocycles. The summed E-state index contributed by atoms with van der Waals surface area (Å²) < 4.78 is 25.2. The molecule has 1 amide bonds. The van der Waals surface area contributed by atoms with Crippen LogP contribution in [-0.4, -0.2) is 40.6 Å². The normalized spacial score (nSPS) is 19.3. The van der Waals surface area contributed by atoms with Crippen LogP contribution in [0.1, 0.15) is 29.4 Å². The summed E-state index contributed by atoms with van der Waals surface area (Å²) in [6.07, 6.45) is 3.56. The van der Waals surface area contributed by atoms with Gasteiger partial charge in [-0.05, 0) is 26.3 Å². The van der Waals surface area contributed by atoms with Gasteiger partial charge in [0.2, 0.25) is 0 Å². The van der Waals surface area contributed by atoms with Crippen molar-refractivity contribution in [2.75, 3.05) is 16.8 Å². The smallest absolute Gasteiger partial charge is 0.268 e. The highest BCUT2D eigenvalue weighted by molar-refractivity contribution is 7.91. The third kappa shape index (κ3) is 3.68. The lowest BCUT2D eigenvalue weighted by molar-refractivity contribution is -0.112. The van der Waals surface area contributed by atoms with Crippen LogP contribution < -0.4 is 5.32 Å². The summed E-state index contributed by atoms with van der Waals surface area (Å²) in [7, 11) is -3.03. The minimum Gasteiger partial charge on any atom is -0.297 e. The van der Waals surface area contributed by atoms with Gasteiger partial charge in [0, 0.05) is 22.8 Å². The van der Waals surface area contributed by atoms with Crippen LogP contribution in [0.4, 0.5) is 5.13 Å². The number of nitrogens with zero attached hydrogens (tertiary/aromatic N) is 4. The van der Waals surface area contributed by atoms with Gasteiger partial charge in [-0.3, -0.25) is 14.8 Å². The molecule has 136 valence electrons. The molecule has 1 fully saturated rings. The van der Waals surface area contributed by atoms with Crippen molar-refractivity contribution in [2.45, 2.75) is 26.3 Å². The molecule has 0 radical (unpaired) electrons. The maximum atomic E-state index is 12.3. The Hall–Kier alpha value is -2.51. The second-order valence-electron chi connectivity index (χ2n) is 6.05. The average molecular weight is 391 g/mol. The van der Waals surface area contributed by atoms with Crippen molar-refractivity contribution in [3.8, 4) is 6.07 Å². The summed E-state index contributed by atoms with van der Waals surface area (Å²) in [5.41, 5.74) is 1.96. The second kappa shape index (κ2) is 7.01. The SMILES string of the molecule is Cc1nn([C@H]2CCS(=O)(=O)C2)c(C)c1/C=C(\C#N)C(=O)Nc1nccs1. The number of carbonyl (C=O) groups excluding carboxylic acids is 1. The highest BCUT2D eigenvalue weighted by Crippen LogP contribution is 2.27. The van der Waals surface area contributed by atoms with Gasteiger partial charge < -0.3 is 0 Å². The minimum atomic E-state index is -3.03. The van der Waals surface area contributed by atoms with Crippen molar-refractivity contribution < 1.29 is 13.2 Å². The van der Waals surface area contributed by atoms with Crippen LogP contribution in [0.15, 0.2) is 17.2 Å². The Kier molecular flexibility index (Phi) is 4.93. The zero-order valence-electron chi connectivity index (χ0n) is 14.3. The Morgan fingerprint density at radius 2 is 2.27 bits per heavy atom. The fraction of sp³-hybridized carbons (Fsp3) is 0.375. The lowest BCUT2D eigenvalue weighted by atomic mass is 10.1. The van der Waals surface area contributed by atoms with Crippen molar-refractivity contribution >= 4 is 38.3 Å². The van der Waals surface area contributed by atoms with Gasteiger partial charge in [0.25, 0.3) is 5.91 Å². The molecule has 1 atom stereocenters. The first-order valence-electron chi connectivity index (χ1n) is 7.89. The van der Waals surface area contributed by atoms with Gasteiger partial charge in [-0.1, -0.05) is 0 Å². The van der Waals surface area contributed by atoms with E-state index in [0.717, 1.165) is 5.69 Å². The van der Waals surface area contributed by atoms with Gasteiger partial charge >= 0.3 is 0 Å². The number of hydrogen-bond donors (Lipinski definition) is 1. The Bertz CT molecular complexity index is 1010. The number of carbonyl (C=O) groups is 1. The summed E-state index contributed by atoms with van der Waals surface area (Å²) >= 11 is 1.26. The summed E-state index contributed by atoms with van der Waals surface area (Å²) in [5.74, 6) is -0.327. The number of nitrogens with one attached hydrogen (secondary N) is 1. The Labute approximate surface area is 155 Å². The van der Waals surface area contributed by atoms with E-state index in [1.54, 1.807) is 23.2 Å². The maximum Gasteiger partial charge on any atom is 0.268 e. The van der Waals surface area contributed by atoms with E-state index in [9.17, 15) is 18.5 Å². The number of amides is 1. The molecule has 10 heteroatoms. The molecule has 1 aliphatic rings.